The molecule has 0 aliphatic carbocycles. The molecule has 0 radical (unpaired) electrons. The number of aromatic hydroxyl groups is 1. The van der Waals surface area contributed by atoms with E-state index >= 15 is 0 Å². The third-order valence-corrected chi connectivity index (χ3v) is 4.26. The summed E-state index contributed by atoms with van der Waals surface area (Å²) in [6.07, 6.45) is 1.79. The van der Waals surface area contributed by atoms with Gasteiger partial charge in [-0.25, -0.2) is 0 Å². The van der Waals surface area contributed by atoms with Crippen LogP contribution in [0.4, 0.5) is 0 Å². The maximum Gasteiger partial charge on any atom is 0.255 e. The molecule has 0 spiro atoms. The number of halogens is 1. The Kier molecular flexibility index (Phi) is 4.02. The Morgan fingerprint density at radius 3 is 2.68 bits per heavy atom. The van der Waals surface area contributed by atoms with E-state index in [2.05, 4.69) is 6.92 Å². The Labute approximate surface area is 118 Å². The predicted octanol–water partition coefficient (Wildman–Crippen LogP) is 2.25. The topological polar surface area (TPSA) is 66.6 Å². The Morgan fingerprint density at radius 2 is 2.11 bits per heavy atom. The monoisotopic (exact) mass is 282 g/mol. The van der Waals surface area contributed by atoms with E-state index in [1.165, 1.54) is 18.2 Å². The molecule has 1 aromatic carbocycles. The van der Waals surface area contributed by atoms with Gasteiger partial charge in [-0.3, -0.25) is 4.79 Å². The number of nitrogens with zero attached hydrogens (tertiary/aromatic N) is 1. The lowest BCUT2D eigenvalue weighted by Gasteiger charge is -2.38. The van der Waals surface area contributed by atoms with Gasteiger partial charge in [0.1, 0.15) is 5.75 Å². The van der Waals surface area contributed by atoms with Crippen molar-refractivity contribution in [1.82, 2.24) is 4.90 Å². The maximum absolute atomic E-state index is 12.4. The van der Waals surface area contributed by atoms with Crippen LogP contribution in [0.3, 0.4) is 0 Å². The van der Waals surface area contributed by atoms with Crippen LogP contribution in [0, 0.1) is 5.41 Å². The van der Waals surface area contributed by atoms with E-state index in [9.17, 15) is 9.90 Å². The summed E-state index contributed by atoms with van der Waals surface area (Å²) in [7, 11) is 0. The molecule has 1 amide bonds. The van der Waals surface area contributed by atoms with Gasteiger partial charge in [0.2, 0.25) is 0 Å². The lowest BCUT2D eigenvalue weighted by atomic mass is 9.80. The van der Waals surface area contributed by atoms with Gasteiger partial charge in [0.25, 0.3) is 5.91 Å². The molecule has 1 fully saturated rings. The molecule has 1 saturated heterocycles. The van der Waals surface area contributed by atoms with Gasteiger partial charge in [-0.2, -0.15) is 0 Å². The maximum atomic E-state index is 12.4. The van der Waals surface area contributed by atoms with E-state index in [-0.39, 0.29) is 17.1 Å². The Hall–Kier alpha value is -1.26. The van der Waals surface area contributed by atoms with E-state index in [0.29, 0.717) is 30.2 Å². The van der Waals surface area contributed by atoms with Crippen LogP contribution in [0.25, 0.3) is 0 Å². The molecular weight excluding hydrogens is 264 g/mol. The molecule has 104 valence electrons. The zero-order chi connectivity index (χ0) is 14.0. The standard InChI is InChI=1S/C14H19ClN2O2/c1-14(9-16)4-6-17(7-5-14)13(19)11-8-10(18)2-3-12(11)15/h2-3,8,18H,4-7,9,16H2,1H3. The zero-order valence-electron chi connectivity index (χ0n) is 11.0. The van der Waals surface area contributed by atoms with Gasteiger partial charge >= 0.3 is 0 Å². The SMILES string of the molecule is CC1(CN)CCN(C(=O)c2cc(O)ccc2Cl)CC1. The molecule has 19 heavy (non-hydrogen) atoms. The highest BCUT2D eigenvalue weighted by Crippen LogP contribution is 2.31. The molecular formula is C14H19ClN2O2. The summed E-state index contributed by atoms with van der Waals surface area (Å²) < 4.78 is 0. The number of hydrogen-bond acceptors (Lipinski definition) is 3. The number of carbonyl (C=O) groups is 1. The van der Waals surface area contributed by atoms with Gasteiger partial charge in [0.15, 0.2) is 0 Å². The van der Waals surface area contributed by atoms with Crippen molar-refractivity contribution in [3.63, 3.8) is 0 Å². The number of carbonyl (C=O) groups excluding carboxylic acids is 1. The third kappa shape index (κ3) is 3.01. The van der Waals surface area contributed by atoms with Crippen molar-refractivity contribution in [2.75, 3.05) is 19.6 Å². The number of hydrogen-bond donors (Lipinski definition) is 2. The quantitative estimate of drug-likeness (QED) is 0.874. The minimum atomic E-state index is -0.125. The van der Waals surface area contributed by atoms with Crippen LogP contribution in [0.15, 0.2) is 18.2 Å². The third-order valence-electron chi connectivity index (χ3n) is 3.93. The number of nitrogens with two attached hydrogens (primary N) is 1. The second kappa shape index (κ2) is 5.39. The van der Waals surface area contributed by atoms with Gasteiger partial charge in [-0.15, -0.1) is 0 Å². The van der Waals surface area contributed by atoms with Crippen LogP contribution >= 0.6 is 11.6 Å². The first-order valence-electron chi connectivity index (χ1n) is 6.43. The number of amides is 1. The zero-order valence-corrected chi connectivity index (χ0v) is 11.8. The molecule has 1 aromatic rings. The van der Waals surface area contributed by atoms with Gasteiger partial charge in [0, 0.05) is 13.1 Å². The highest BCUT2D eigenvalue weighted by Gasteiger charge is 2.31. The summed E-state index contributed by atoms with van der Waals surface area (Å²) in [6.45, 7) is 4.15. The number of rotatable bonds is 2. The molecule has 0 saturated carbocycles. The molecule has 0 aromatic heterocycles. The van der Waals surface area contributed by atoms with Gasteiger partial charge < -0.3 is 15.7 Å². The number of piperidine rings is 1. The Morgan fingerprint density at radius 1 is 1.47 bits per heavy atom. The summed E-state index contributed by atoms with van der Waals surface area (Å²) >= 11 is 6.02. The van der Waals surface area contributed by atoms with Gasteiger partial charge in [-0.1, -0.05) is 18.5 Å². The van der Waals surface area contributed by atoms with E-state index in [4.69, 9.17) is 17.3 Å². The fourth-order valence-electron chi connectivity index (χ4n) is 2.30. The highest BCUT2D eigenvalue weighted by molar-refractivity contribution is 6.33. The molecule has 0 unspecified atom stereocenters. The average molecular weight is 283 g/mol. The van der Waals surface area contributed by atoms with Crippen LogP contribution in [0.5, 0.6) is 5.75 Å². The summed E-state index contributed by atoms with van der Waals surface area (Å²) in [4.78, 5) is 14.1. The molecule has 3 N–H and O–H groups in total. The predicted molar refractivity (Wildman–Crippen MR) is 75.4 cm³/mol. The Balaban J connectivity index is 2.11. The first-order chi connectivity index (χ1) is 8.95. The van der Waals surface area contributed by atoms with Gasteiger partial charge in [0.05, 0.1) is 10.6 Å². The molecule has 5 heteroatoms. The number of phenols is 1. The van der Waals surface area contributed by atoms with E-state index in [1.54, 1.807) is 4.90 Å². The van der Waals surface area contributed by atoms with Crippen molar-refractivity contribution in [1.29, 1.82) is 0 Å². The van der Waals surface area contributed by atoms with E-state index in [0.717, 1.165) is 12.8 Å². The largest absolute Gasteiger partial charge is 0.508 e. The molecule has 4 nitrogen and oxygen atoms in total. The molecule has 1 aliphatic rings. The van der Waals surface area contributed by atoms with Crippen LogP contribution in [-0.4, -0.2) is 35.5 Å². The fraction of sp³-hybridized carbons (Fsp3) is 0.500. The summed E-state index contributed by atoms with van der Waals surface area (Å²) in [5.41, 5.74) is 6.24. The fourth-order valence-corrected chi connectivity index (χ4v) is 2.50. The van der Waals surface area contributed by atoms with Crippen molar-refractivity contribution in [2.45, 2.75) is 19.8 Å². The number of benzene rings is 1. The smallest absolute Gasteiger partial charge is 0.255 e. The average Bonchev–Trinajstić information content (AvgIpc) is 2.42. The summed E-state index contributed by atoms with van der Waals surface area (Å²) in [5.74, 6) is -0.0727. The second-order valence-corrected chi connectivity index (χ2v) is 5.88. The molecule has 0 atom stereocenters. The first kappa shape index (κ1) is 14.2. The highest BCUT2D eigenvalue weighted by atomic mass is 35.5. The first-order valence-corrected chi connectivity index (χ1v) is 6.81. The van der Waals surface area contributed by atoms with Crippen LogP contribution in [0.2, 0.25) is 5.02 Å². The lowest BCUT2D eigenvalue weighted by Crippen LogP contribution is -2.44. The molecule has 1 aliphatic heterocycles. The van der Waals surface area contributed by atoms with E-state index < -0.39 is 0 Å². The minimum absolute atomic E-state index is 0.0524. The number of likely N-dealkylation sites (tertiary alicyclic amines) is 1. The van der Waals surface area contributed by atoms with Crippen molar-refractivity contribution in [2.24, 2.45) is 11.1 Å². The van der Waals surface area contributed by atoms with Crippen LogP contribution in [-0.2, 0) is 0 Å². The number of phenolic OH excluding ortho intramolecular Hbond substituents is 1. The van der Waals surface area contributed by atoms with Crippen molar-refractivity contribution in [3.05, 3.63) is 28.8 Å². The minimum Gasteiger partial charge on any atom is -0.508 e. The van der Waals surface area contributed by atoms with E-state index in [1.807, 2.05) is 0 Å². The van der Waals surface area contributed by atoms with Crippen LogP contribution < -0.4 is 5.73 Å². The van der Waals surface area contributed by atoms with Crippen molar-refractivity contribution < 1.29 is 9.90 Å². The summed E-state index contributed by atoms with van der Waals surface area (Å²) in [6, 6.07) is 4.43. The Bertz CT molecular complexity index is 482. The van der Waals surface area contributed by atoms with Crippen molar-refractivity contribution in [3.8, 4) is 5.75 Å². The van der Waals surface area contributed by atoms with Gasteiger partial charge in [-0.05, 0) is 43.0 Å². The second-order valence-electron chi connectivity index (χ2n) is 5.47. The normalized spacial score (nSPS) is 18.4. The van der Waals surface area contributed by atoms with Crippen molar-refractivity contribution >= 4 is 17.5 Å². The lowest BCUT2D eigenvalue weighted by molar-refractivity contribution is 0.0617. The molecule has 0 bridgehead atoms. The molecule has 2 rings (SSSR count). The summed E-state index contributed by atoms with van der Waals surface area (Å²) in [5, 5.41) is 9.83. The van der Waals surface area contributed by atoms with Crippen LogP contribution in [0.1, 0.15) is 30.1 Å². The molecule has 1 heterocycles.